The van der Waals surface area contributed by atoms with Crippen LogP contribution < -0.4 is 10.2 Å². The minimum Gasteiger partial charge on any atom is -0.467 e. The van der Waals surface area contributed by atoms with Crippen LogP contribution in [-0.2, 0) is 16.1 Å². The molecule has 1 fully saturated rings. The second-order valence-corrected chi connectivity index (χ2v) is 8.64. The largest absolute Gasteiger partial charge is 0.467 e. The van der Waals surface area contributed by atoms with Crippen molar-refractivity contribution < 1.29 is 14.0 Å². The third-order valence-corrected chi connectivity index (χ3v) is 5.97. The van der Waals surface area contributed by atoms with Crippen LogP contribution in [0.25, 0.3) is 0 Å². The van der Waals surface area contributed by atoms with Gasteiger partial charge in [-0.1, -0.05) is 31.7 Å². The highest BCUT2D eigenvalue weighted by molar-refractivity contribution is 7.99. The number of nitrogens with zero attached hydrogens (tertiary/aromatic N) is 4. The molecule has 0 bridgehead atoms. The van der Waals surface area contributed by atoms with Gasteiger partial charge < -0.3 is 14.6 Å². The Morgan fingerprint density at radius 2 is 2.13 bits per heavy atom. The van der Waals surface area contributed by atoms with Gasteiger partial charge in [-0.3, -0.25) is 14.2 Å². The van der Waals surface area contributed by atoms with Gasteiger partial charge in [0.15, 0.2) is 5.16 Å². The summed E-state index contributed by atoms with van der Waals surface area (Å²) < 4.78 is 7.46. The lowest BCUT2D eigenvalue weighted by Gasteiger charge is -2.16. The smallest absolute Gasteiger partial charge is 0.234 e. The van der Waals surface area contributed by atoms with Crippen molar-refractivity contribution in [3.8, 4) is 0 Å². The lowest BCUT2D eigenvalue weighted by atomic mass is 10.2. The summed E-state index contributed by atoms with van der Waals surface area (Å²) in [5, 5.41) is 12.2. The number of carbonyl (C=O) groups is 2. The van der Waals surface area contributed by atoms with Gasteiger partial charge in [0, 0.05) is 30.3 Å². The van der Waals surface area contributed by atoms with Crippen LogP contribution in [-0.4, -0.2) is 38.9 Å². The highest BCUT2D eigenvalue weighted by Crippen LogP contribution is 2.26. The van der Waals surface area contributed by atoms with Gasteiger partial charge in [0.2, 0.25) is 11.8 Å². The van der Waals surface area contributed by atoms with E-state index < -0.39 is 0 Å². The number of carbonyl (C=O) groups excluding carboxylic acids is 2. The number of hydrogen-bond donors (Lipinski definition) is 1. The molecule has 31 heavy (non-hydrogen) atoms. The predicted octanol–water partition coefficient (Wildman–Crippen LogP) is 3.90. The molecule has 1 aliphatic heterocycles. The lowest BCUT2D eigenvalue weighted by molar-refractivity contribution is -0.117. The second kappa shape index (κ2) is 9.38. The van der Waals surface area contributed by atoms with Crippen LogP contribution in [0.5, 0.6) is 0 Å². The summed E-state index contributed by atoms with van der Waals surface area (Å²) in [6.45, 7) is 5.35. The minimum absolute atomic E-state index is 0.121. The Morgan fingerprint density at radius 1 is 1.26 bits per heavy atom. The van der Waals surface area contributed by atoms with Gasteiger partial charge in [-0.25, -0.2) is 0 Å². The first-order chi connectivity index (χ1) is 15.0. The van der Waals surface area contributed by atoms with Crippen LogP contribution in [0.3, 0.4) is 0 Å². The molecular formula is C22H25N5O3S. The number of rotatable bonds is 8. The topological polar surface area (TPSA) is 93.3 Å². The summed E-state index contributed by atoms with van der Waals surface area (Å²) in [4.78, 5) is 26.3. The van der Waals surface area contributed by atoms with Crippen molar-refractivity contribution in [2.45, 2.75) is 44.3 Å². The summed E-state index contributed by atoms with van der Waals surface area (Å²) in [7, 11) is 0. The van der Waals surface area contributed by atoms with E-state index in [9.17, 15) is 9.59 Å². The van der Waals surface area contributed by atoms with E-state index in [4.69, 9.17) is 4.42 Å². The molecule has 0 radical (unpaired) electrons. The van der Waals surface area contributed by atoms with Gasteiger partial charge in [0.05, 0.1) is 18.6 Å². The fourth-order valence-electron chi connectivity index (χ4n) is 3.54. The molecule has 0 unspecified atom stereocenters. The van der Waals surface area contributed by atoms with E-state index in [1.54, 1.807) is 11.2 Å². The van der Waals surface area contributed by atoms with E-state index in [0.717, 1.165) is 30.2 Å². The summed E-state index contributed by atoms with van der Waals surface area (Å²) in [5.74, 6) is 2.02. The van der Waals surface area contributed by atoms with E-state index in [1.807, 2.05) is 41.0 Å². The van der Waals surface area contributed by atoms with Crippen LogP contribution >= 0.6 is 11.8 Å². The van der Waals surface area contributed by atoms with E-state index >= 15 is 0 Å². The summed E-state index contributed by atoms with van der Waals surface area (Å²) in [5.41, 5.74) is 1.48. The average molecular weight is 440 g/mol. The van der Waals surface area contributed by atoms with Crippen LogP contribution in [0.1, 0.15) is 44.2 Å². The van der Waals surface area contributed by atoms with Crippen molar-refractivity contribution in [3.63, 3.8) is 0 Å². The molecule has 3 heterocycles. The first-order valence-corrected chi connectivity index (χ1v) is 11.3. The average Bonchev–Trinajstić information content (AvgIpc) is 3.48. The van der Waals surface area contributed by atoms with E-state index in [-0.39, 0.29) is 23.5 Å². The molecule has 1 aromatic carbocycles. The summed E-state index contributed by atoms with van der Waals surface area (Å²) in [6.07, 6.45) is 3.08. The molecule has 4 rings (SSSR count). The van der Waals surface area contributed by atoms with Crippen molar-refractivity contribution in [1.82, 2.24) is 14.8 Å². The quantitative estimate of drug-likeness (QED) is 0.535. The molecule has 9 heteroatoms. The van der Waals surface area contributed by atoms with Gasteiger partial charge in [0.1, 0.15) is 11.6 Å². The zero-order chi connectivity index (χ0) is 21.8. The number of nitrogens with one attached hydrogen (secondary N) is 1. The molecule has 2 aromatic heterocycles. The maximum Gasteiger partial charge on any atom is 0.234 e. The van der Waals surface area contributed by atoms with Gasteiger partial charge in [0.25, 0.3) is 0 Å². The number of aromatic nitrogens is 3. The Bertz CT molecular complexity index is 1060. The molecule has 8 nitrogen and oxygen atoms in total. The van der Waals surface area contributed by atoms with Crippen molar-refractivity contribution in [2.75, 3.05) is 22.5 Å². The molecule has 0 aliphatic carbocycles. The van der Waals surface area contributed by atoms with E-state index in [1.165, 1.54) is 11.8 Å². The molecule has 162 valence electrons. The molecule has 1 saturated heterocycles. The zero-order valence-electron chi connectivity index (χ0n) is 17.6. The SMILES string of the molecule is CC(C)c1nnc(SCC(=O)Nc2cccc(N3CCCC3=O)c2)n1Cc1ccco1. The maximum absolute atomic E-state index is 12.6. The predicted molar refractivity (Wildman–Crippen MR) is 119 cm³/mol. The number of hydrogen-bond acceptors (Lipinski definition) is 6. The van der Waals surface area contributed by atoms with Crippen LogP contribution in [0.15, 0.2) is 52.2 Å². The van der Waals surface area contributed by atoms with Crippen LogP contribution in [0.4, 0.5) is 11.4 Å². The standard InChI is InChI=1S/C22H25N5O3S/c1-15(2)21-24-25-22(27(21)13-18-8-5-11-30-18)31-14-19(28)23-16-6-3-7-17(12-16)26-10-4-9-20(26)29/h3,5-8,11-12,15H,4,9-10,13-14H2,1-2H3,(H,23,28). The number of benzene rings is 1. The van der Waals surface area contributed by atoms with Crippen molar-refractivity contribution in [1.29, 1.82) is 0 Å². The van der Waals surface area contributed by atoms with E-state index in [0.29, 0.717) is 23.8 Å². The Kier molecular flexibility index (Phi) is 6.41. The zero-order valence-corrected chi connectivity index (χ0v) is 18.4. The molecule has 0 atom stereocenters. The second-order valence-electron chi connectivity index (χ2n) is 7.70. The van der Waals surface area contributed by atoms with Crippen molar-refractivity contribution in [3.05, 3.63) is 54.2 Å². The van der Waals surface area contributed by atoms with Crippen molar-refractivity contribution >= 4 is 35.0 Å². The normalized spacial score (nSPS) is 13.9. The van der Waals surface area contributed by atoms with Gasteiger partial charge in [-0.15, -0.1) is 10.2 Å². The Hall–Kier alpha value is -3.07. The molecule has 2 amide bonds. The summed E-state index contributed by atoms with van der Waals surface area (Å²) >= 11 is 1.34. The van der Waals surface area contributed by atoms with Crippen molar-refractivity contribution in [2.24, 2.45) is 0 Å². The maximum atomic E-state index is 12.6. The fourth-order valence-corrected chi connectivity index (χ4v) is 4.29. The molecule has 0 spiro atoms. The van der Waals surface area contributed by atoms with Crippen LogP contribution in [0, 0.1) is 0 Å². The fraction of sp³-hybridized carbons (Fsp3) is 0.364. The molecule has 3 aromatic rings. The minimum atomic E-state index is -0.145. The number of furan rings is 1. The molecule has 0 saturated carbocycles. The number of thioether (sulfide) groups is 1. The molecule has 1 N–H and O–H groups in total. The number of amides is 2. The summed E-state index contributed by atoms with van der Waals surface area (Å²) in [6, 6.07) is 11.1. The third-order valence-electron chi connectivity index (χ3n) is 5.00. The molecular weight excluding hydrogens is 414 g/mol. The Balaban J connectivity index is 1.41. The van der Waals surface area contributed by atoms with E-state index in [2.05, 4.69) is 29.4 Å². The number of anilines is 2. The Morgan fingerprint density at radius 3 is 2.84 bits per heavy atom. The van der Waals surface area contributed by atoms with Gasteiger partial charge in [-0.2, -0.15) is 0 Å². The monoisotopic (exact) mass is 439 g/mol. The lowest BCUT2D eigenvalue weighted by Crippen LogP contribution is -2.23. The third kappa shape index (κ3) is 4.99. The van der Waals surface area contributed by atoms with Gasteiger partial charge in [-0.05, 0) is 36.8 Å². The van der Waals surface area contributed by atoms with Gasteiger partial charge >= 0.3 is 0 Å². The highest BCUT2D eigenvalue weighted by Gasteiger charge is 2.22. The first kappa shape index (κ1) is 21.2. The molecule has 1 aliphatic rings. The Labute approximate surface area is 185 Å². The van der Waals surface area contributed by atoms with Crippen LogP contribution in [0.2, 0.25) is 0 Å². The first-order valence-electron chi connectivity index (χ1n) is 10.3. The highest BCUT2D eigenvalue weighted by atomic mass is 32.2.